The van der Waals surface area contributed by atoms with Gasteiger partial charge in [0, 0.05) is 33.9 Å². The fraction of sp³-hybridized carbons (Fsp3) is 0.355. The summed E-state index contributed by atoms with van der Waals surface area (Å²) in [7, 11) is 3.05. The van der Waals surface area contributed by atoms with Crippen molar-refractivity contribution in [3.05, 3.63) is 83.9 Å². The number of rotatable bonds is 8. The highest BCUT2D eigenvalue weighted by Crippen LogP contribution is 2.21. The Balaban J connectivity index is 1.96. The molecule has 3 rings (SSSR count). The van der Waals surface area contributed by atoms with Crippen LogP contribution in [-0.2, 0) is 32.0 Å². The number of nitrogens with one attached hydrogen (secondary N) is 2. The molecule has 0 fully saturated rings. The Morgan fingerprint density at radius 1 is 0.750 bits per heavy atom. The number of nitrogens with zero attached hydrogens (tertiary/aromatic N) is 2. The first-order valence-electron chi connectivity index (χ1n) is 13.2. The zero-order valence-corrected chi connectivity index (χ0v) is 23.9. The van der Waals surface area contributed by atoms with Crippen molar-refractivity contribution in [1.29, 1.82) is 0 Å². The number of likely N-dealkylation sites (N-methyl/N-ethyl adjacent to an activating group) is 2. The van der Waals surface area contributed by atoms with Crippen molar-refractivity contribution in [3.8, 4) is 0 Å². The van der Waals surface area contributed by atoms with E-state index in [4.69, 9.17) is 4.74 Å². The van der Waals surface area contributed by atoms with E-state index in [1.54, 1.807) is 20.8 Å². The molecule has 2 N–H and O–H groups in total. The third-order valence-electron chi connectivity index (χ3n) is 6.43. The lowest BCUT2D eigenvalue weighted by Gasteiger charge is -2.35. The van der Waals surface area contributed by atoms with Crippen LogP contribution >= 0.6 is 0 Å². The standard InChI is InChI=1S/C31H38N4O5/c1-21(36)32-33-28(37)26(19-22-12-8-7-9-13-22)34(5)29(38)27(35(6)30(39)40-31(2,3)4)20-23-16-17-24-14-10-11-15-25(24)18-23/h7-18,26-27H,19-20H2,1-6H3,(H,32,36)(H,33,37)/t26-,27-/m1/s1. The van der Waals surface area contributed by atoms with Crippen molar-refractivity contribution < 1.29 is 23.9 Å². The maximum absolute atomic E-state index is 14.1. The van der Waals surface area contributed by atoms with E-state index in [-0.39, 0.29) is 12.8 Å². The zero-order chi connectivity index (χ0) is 29.4. The molecule has 2 atom stereocenters. The van der Waals surface area contributed by atoms with Crippen LogP contribution in [0.1, 0.15) is 38.8 Å². The predicted molar refractivity (Wildman–Crippen MR) is 154 cm³/mol. The van der Waals surface area contributed by atoms with Crippen LogP contribution in [0.15, 0.2) is 72.8 Å². The van der Waals surface area contributed by atoms with E-state index in [0.29, 0.717) is 0 Å². The van der Waals surface area contributed by atoms with Crippen molar-refractivity contribution in [2.75, 3.05) is 14.1 Å². The molecule has 40 heavy (non-hydrogen) atoms. The molecule has 0 aliphatic heterocycles. The summed E-state index contributed by atoms with van der Waals surface area (Å²) in [5, 5.41) is 2.07. The number of carbonyl (C=O) groups is 4. The van der Waals surface area contributed by atoms with Gasteiger partial charge in [-0.05, 0) is 42.7 Å². The van der Waals surface area contributed by atoms with Crippen LogP contribution in [0.4, 0.5) is 4.79 Å². The molecule has 0 aliphatic rings. The van der Waals surface area contributed by atoms with Crippen molar-refractivity contribution in [3.63, 3.8) is 0 Å². The Bertz CT molecular complexity index is 1350. The van der Waals surface area contributed by atoms with Crippen molar-refractivity contribution >= 4 is 34.6 Å². The lowest BCUT2D eigenvalue weighted by Crippen LogP contribution is -2.58. The maximum atomic E-state index is 14.1. The van der Waals surface area contributed by atoms with E-state index in [1.165, 1.54) is 30.8 Å². The number of hydrogen-bond acceptors (Lipinski definition) is 5. The summed E-state index contributed by atoms with van der Waals surface area (Å²) in [6, 6.07) is 21.1. The predicted octanol–water partition coefficient (Wildman–Crippen LogP) is 3.85. The van der Waals surface area contributed by atoms with Gasteiger partial charge in [-0.25, -0.2) is 4.79 Å². The lowest BCUT2D eigenvalue weighted by molar-refractivity contribution is -0.143. The zero-order valence-electron chi connectivity index (χ0n) is 23.9. The molecule has 9 nitrogen and oxygen atoms in total. The Hall–Kier alpha value is -4.40. The monoisotopic (exact) mass is 546 g/mol. The first kappa shape index (κ1) is 30.1. The van der Waals surface area contributed by atoms with Gasteiger partial charge in [0.1, 0.15) is 17.7 Å². The van der Waals surface area contributed by atoms with E-state index < -0.39 is 41.5 Å². The highest BCUT2D eigenvalue weighted by molar-refractivity contribution is 5.92. The number of hydrazine groups is 1. The minimum absolute atomic E-state index is 0.202. The number of carbonyl (C=O) groups excluding carboxylic acids is 4. The summed E-state index contributed by atoms with van der Waals surface area (Å²) in [6.07, 6.45) is -0.245. The van der Waals surface area contributed by atoms with Gasteiger partial charge in [-0.1, -0.05) is 72.8 Å². The Morgan fingerprint density at radius 2 is 1.35 bits per heavy atom. The SMILES string of the molecule is CC(=O)NNC(=O)[C@@H](Cc1ccccc1)N(C)C(=O)[C@@H](Cc1ccc2ccccc2c1)N(C)C(=O)OC(C)(C)C. The fourth-order valence-corrected chi connectivity index (χ4v) is 4.30. The first-order chi connectivity index (χ1) is 18.9. The molecule has 0 bridgehead atoms. The third kappa shape index (κ3) is 8.30. The maximum Gasteiger partial charge on any atom is 0.410 e. The summed E-state index contributed by atoms with van der Waals surface area (Å²) in [4.78, 5) is 54.5. The minimum Gasteiger partial charge on any atom is -0.444 e. The Morgan fingerprint density at radius 3 is 1.98 bits per heavy atom. The molecule has 0 heterocycles. The molecule has 3 aromatic carbocycles. The van der Waals surface area contributed by atoms with Gasteiger partial charge in [0.05, 0.1) is 0 Å². The average molecular weight is 547 g/mol. The van der Waals surface area contributed by atoms with E-state index >= 15 is 0 Å². The van der Waals surface area contributed by atoms with Gasteiger partial charge >= 0.3 is 6.09 Å². The summed E-state index contributed by atoms with van der Waals surface area (Å²) in [5.41, 5.74) is 5.61. The molecule has 0 aromatic heterocycles. The lowest BCUT2D eigenvalue weighted by atomic mass is 9.98. The number of amides is 4. The van der Waals surface area contributed by atoms with Crippen LogP contribution in [-0.4, -0.2) is 65.4 Å². The Kier molecular flexibility index (Phi) is 9.87. The van der Waals surface area contributed by atoms with Gasteiger partial charge in [0.2, 0.25) is 11.8 Å². The molecule has 0 saturated heterocycles. The van der Waals surface area contributed by atoms with E-state index in [9.17, 15) is 19.2 Å². The van der Waals surface area contributed by atoms with Crippen molar-refractivity contribution in [2.45, 2.75) is 58.2 Å². The van der Waals surface area contributed by atoms with Crippen LogP contribution in [0.25, 0.3) is 10.8 Å². The van der Waals surface area contributed by atoms with Gasteiger partial charge in [0.15, 0.2) is 0 Å². The molecule has 212 valence electrons. The van der Waals surface area contributed by atoms with Gasteiger partial charge in [-0.2, -0.15) is 0 Å². The molecule has 0 aliphatic carbocycles. The molecule has 9 heteroatoms. The molecule has 0 saturated carbocycles. The van der Waals surface area contributed by atoms with Gasteiger partial charge < -0.3 is 9.64 Å². The van der Waals surface area contributed by atoms with Crippen LogP contribution < -0.4 is 10.9 Å². The second kappa shape index (κ2) is 13.1. The van der Waals surface area contributed by atoms with Crippen LogP contribution in [0.5, 0.6) is 0 Å². The van der Waals surface area contributed by atoms with Gasteiger partial charge in [0.25, 0.3) is 5.91 Å². The second-order valence-electron chi connectivity index (χ2n) is 10.8. The summed E-state index contributed by atoms with van der Waals surface area (Å²) < 4.78 is 5.58. The number of ether oxygens (including phenoxy) is 1. The number of hydrogen-bond donors (Lipinski definition) is 2. The van der Waals surface area contributed by atoms with Crippen molar-refractivity contribution in [1.82, 2.24) is 20.7 Å². The quantitative estimate of drug-likeness (QED) is 0.417. The van der Waals surface area contributed by atoms with Crippen molar-refractivity contribution in [2.24, 2.45) is 0 Å². The molecular weight excluding hydrogens is 508 g/mol. The highest BCUT2D eigenvalue weighted by atomic mass is 16.6. The van der Waals surface area contributed by atoms with Crippen LogP contribution in [0, 0.1) is 0 Å². The third-order valence-corrected chi connectivity index (χ3v) is 6.43. The molecule has 3 aromatic rings. The topological polar surface area (TPSA) is 108 Å². The molecular formula is C31H38N4O5. The number of fused-ring (bicyclic) bond motifs is 1. The fourth-order valence-electron chi connectivity index (χ4n) is 4.30. The second-order valence-corrected chi connectivity index (χ2v) is 10.8. The highest BCUT2D eigenvalue weighted by Gasteiger charge is 2.36. The molecule has 0 spiro atoms. The summed E-state index contributed by atoms with van der Waals surface area (Å²) in [6.45, 7) is 6.55. The average Bonchev–Trinajstić information content (AvgIpc) is 2.91. The van der Waals surface area contributed by atoms with E-state index in [1.807, 2.05) is 72.8 Å². The number of benzene rings is 3. The molecule has 4 amide bonds. The summed E-state index contributed by atoms with van der Waals surface area (Å²) in [5.74, 6) is -1.45. The van der Waals surface area contributed by atoms with E-state index in [0.717, 1.165) is 21.9 Å². The summed E-state index contributed by atoms with van der Waals surface area (Å²) >= 11 is 0. The minimum atomic E-state index is -0.965. The molecule has 0 unspecified atom stereocenters. The largest absolute Gasteiger partial charge is 0.444 e. The van der Waals surface area contributed by atoms with E-state index in [2.05, 4.69) is 10.9 Å². The van der Waals surface area contributed by atoms with Crippen LogP contribution in [0.3, 0.4) is 0 Å². The smallest absolute Gasteiger partial charge is 0.410 e. The van der Waals surface area contributed by atoms with Gasteiger partial charge in [-0.15, -0.1) is 0 Å². The normalized spacial score (nSPS) is 12.7. The molecule has 0 radical (unpaired) electrons. The Labute approximate surface area is 235 Å². The first-order valence-corrected chi connectivity index (χ1v) is 13.2. The van der Waals surface area contributed by atoms with Crippen LogP contribution in [0.2, 0.25) is 0 Å². The van der Waals surface area contributed by atoms with Gasteiger partial charge in [-0.3, -0.25) is 30.1 Å².